The predicted octanol–water partition coefficient (Wildman–Crippen LogP) is 3.06. The van der Waals surface area contributed by atoms with Gasteiger partial charge in [0.25, 0.3) is 0 Å². The summed E-state index contributed by atoms with van der Waals surface area (Å²) in [4.78, 5) is 2.26. The number of alkyl halides is 3. The summed E-state index contributed by atoms with van der Waals surface area (Å²) in [6.07, 6.45) is -3.45. The molecule has 1 aliphatic heterocycles. The van der Waals surface area contributed by atoms with Gasteiger partial charge in [-0.05, 0) is 24.1 Å². The third kappa shape index (κ3) is 3.48. The maximum atomic E-state index is 12.8. The number of nitrogens with one attached hydrogen (secondary N) is 1. The zero-order valence-corrected chi connectivity index (χ0v) is 11.0. The van der Waals surface area contributed by atoms with Gasteiger partial charge in [-0.2, -0.15) is 13.2 Å². The molecule has 1 N–H and O–H groups in total. The van der Waals surface area contributed by atoms with Gasteiger partial charge in [0.2, 0.25) is 0 Å². The van der Waals surface area contributed by atoms with Crippen molar-refractivity contribution in [2.45, 2.75) is 25.6 Å². The van der Waals surface area contributed by atoms with Crippen molar-refractivity contribution in [3.05, 3.63) is 35.4 Å². The molecule has 0 radical (unpaired) electrons. The van der Waals surface area contributed by atoms with Crippen LogP contribution in [-0.4, -0.2) is 31.1 Å². The topological polar surface area (TPSA) is 15.3 Å². The van der Waals surface area contributed by atoms with Gasteiger partial charge in [-0.3, -0.25) is 4.90 Å². The van der Waals surface area contributed by atoms with E-state index < -0.39 is 11.7 Å². The van der Waals surface area contributed by atoms with Gasteiger partial charge >= 0.3 is 6.18 Å². The number of hydrogen-bond acceptors (Lipinski definition) is 2. The SMILES string of the molecule is CC[C@H](c1cccc(C(F)(F)F)c1)N1CCNCC1. The minimum atomic E-state index is -4.27. The van der Waals surface area contributed by atoms with E-state index in [0.717, 1.165) is 44.2 Å². The van der Waals surface area contributed by atoms with E-state index in [4.69, 9.17) is 0 Å². The van der Waals surface area contributed by atoms with E-state index in [0.29, 0.717) is 0 Å². The van der Waals surface area contributed by atoms with E-state index in [1.807, 2.05) is 6.92 Å². The number of halogens is 3. The average molecular weight is 272 g/mol. The molecule has 0 unspecified atom stereocenters. The molecule has 1 atom stereocenters. The van der Waals surface area contributed by atoms with Crippen molar-refractivity contribution in [2.24, 2.45) is 0 Å². The average Bonchev–Trinajstić information content (AvgIpc) is 2.40. The third-order valence-electron chi connectivity index (χ3n) is 3.58. The lowest BCUT2D eigenvalue weighted by Gasteiger charge is -2.35. The van der Waals surface area contributed by atoms with E-state index in [1.54, 1.807) is 6.07 Å². The van der Waals surface area contributed by atoms with Gasteiger partial charge in [-0.25, -0.2) is 0 Å². The Morgan fingerprint density at radius 2 is 1.95 bits per heavy atom. The van der Waals surface area contributed by atoms with E-state index >= 15 is 0 Å². The van der Waals surface area contributed by atoms with Crippen molar-refractivity contribution < 1.29 is 13.2 Å². The van der Waals surface area contributed by atoms with Crippen LogP contribution in [0.1, 0.15) is 30.5 Å². The first-order chi connectivity index (χ1) is 9.02. The second-order valence-corrected chi connectivity index (χ2v) is 4.83. The van der Waals surface area contributed by atoms with Crippen LogP contribution in [0.3, 0.4) is 0 Å². The molecule has 106 valence electrons. The van der Waals surface area contributed by atoms with Crippen LogP contribution < -0.4 is 5.32 Å². The van der Waals surface area contributed by atoms with Gasteiger partial charge in [0.05, 0.1) is 5.56 Å². The summed E-state index contributed by atoms with van der Waals surface area (Å²) in [5.74, 6) is 0. The molecule has 0 aliphatic carbocycles. The third-order valence-corrected chi connectivity index (χ3v) is 3.58. The van der Waals surface area contributed by atoms with Crippen molar-refractivity contribution in [2.75, 3.05) is 26.2 Å². The molecule has 1 aromatic rings. The number of benzene rings is 1. The standard InChI is InChI=1S/C14H19F3N2/c1-2-13(19-8-6-18-7-9-19)11-4-3-5-12(10-11)14(15,16)17/h3-5,10,13,18H,2,6-9H2,1H3/t13-/m1/s1. The summed E-state index contributed by atoms with van der Waals surface area (Å²) >= 11 is 0. The minimum Gasteiger partial charge on any atom is -0.314 e. The van der Waals surface area contributed by atoms with Gasteiger partial charge < -0.3 is 5.32 Å². The fourth-order valence-electron chi connectivity index (χ4n) is 2.62. The molecule has 0 saturated carbocycles. The van der Waals surface area contributed by atoms with E-state index in [2.05, 4.69) is 10.2 Å². The molecule has 19 heavy (non-hydrogen) atoms. The van der Waals surface area contributed by atoms with Crippen molar-refractivity contribution >= 4 is 0 Å². The lowest BCUT2D eigenvalue weighted by atomic mass is 9.99. The second-order valence-electron chi connectivity index (χ2n) is 4.83. The van der Waals surface area contributed by atoms with Crippen molar-refractivity contribution in [1.29, 1.82) is 0 Å². The van der Waals surface area contributed by atoms with Crippen LogP contribution in [-0.2, 0) is 6.18 Å². The Bertz CT molecular complexity index is 411. The fourth-order valence-corrected chi connectivity index (χ4v) is 2.62. The quantitative estimate of drug-likeness (QED) is 0.909. The Kier molecular flexibility index (Phi) is 4.47. The molecule has 1 aromatic carbocycles. The molecule has 0 bridgehead atoms. The van der Waals surface area contributed by atoms with E-state index in [1.165, 1.54) is 12.1 Å². The van der Waals surface area contributed by atoms with Crippen LogP contribution in [0.5, 0.6) is 0 Å². The Balaban J connectivity index is 2.22. The summed E-state index contributed by atoms with van der Waals surface area (Å²) < 4.78 is 38.3. The van der Waals surface area contributed by atoms with Crippen LogP contribution >= 0.6 is 0 Å². The van der Waals surface area contributed by atoms with Gasteiger partial charge in [0.1, 0.15) is 0 Å². The first-order valence-corrected chi connectivity index (χ1v) is 6.64. The minimum absolute atomic E-state index is 0.0735. The summed E-state index contributed by atoms with van der Waals surface area (Å²) in [5.41, 5.74) is 0.206. The lowest BCUT2D eigenvalue weighted by molar-refractivity contribution is -0.137. The van der Waals surface area contributed by atoms with Crippen molar-refractivity contribution in [3.8, 4) is 0 Å². The van der Waals surface area contributed by atoms with Gasteiger partial charge in [-0.15, -0.1) is 0 Å². The fraction of sp³-hybridized carbons (Fsp3) is 0.571. The Morgan fingerprint density at radius 1 is 1.26 bits per heavy atom. The van der Waals surface area contributed by atoms with Crippen LogP contribution in [0, 0.1) is 0 Å². The normalized spacial score (nSPS) is 19.4. The van der Waals surface area contributed by atoms with E-state index in [-0.39, 0.29) is 6.04 Å². The zero-order valence-electron chi connectivity index (χ0n) is 11.0. The van der Waals surface area contributed by atoms with Crippen LogP contribution in [0.2, 0.25) is 0 Å². The monoisotopic (exact) mass is 272 g/mol. The summed E-state index contributed by atoms with van der Waals surface area (Å²) in [7, 11) is 0. The molecule has 0 amide bonds. The Labute approximate surface area is 111 Å². The molecule has 5 heteroatoms. The van der Waals surface area contributed by atoms with Crippen molar-refractivity contribution in [1.82, 2.24) is 10.2 Å². The van der Waals surface area contributed by atoms with Crippen LogP contribution in [0.15, 0.2) is 24.3 Å². The number of nitrogens with zero attached hydrogens (tertiary/aromatic N) is 1. The summed E-state index contributed by atoms with van der Waals surface area (Å²) in [5, 5.41) is 3.26. The zero-order chi connectivity index (χ0) is 13.9. The van der Waals surface area contributed by atoms with E-state index in [9.17, 15) is 13.2 Å². The van der Waals surface area contributed by atoms with Crippen molar-refractivity contribution in [3.63, 3.8) is 0 Å². The largest absolute Gasteiger partial charge is 0.416 e. The predicted molar refractivity (Wildman–Crippen MR) is 68.9 cm³/mol. The maximum absolute atomic E-state index is 12.8. The molecule has 1 aliphatic rings. The van der Waals surface area contributed by atoms with Gasteiger partial charge in [-0.1, -0.05) is 19.1 Å². The Morgan fingerprint density at radius 3 is 2.53 bits per heavy atom. The molecule has 1 saturated heterocycles. The highest BCUT2D eigenvalue weighted by molar-refractivity contribution is 5.28. The molecular formula is C14H19F3N2. The first-order valence-electron chi connectivity index (χ1n) is 6.64. The number of rotatable bonds is 3. The number of hydrogen-bond donors (Lipinski definition) is 1. The maximum Gasteiger partial charge on any atom is 0.416 e. The number of piperazine rings is 1. The highest BCUT2D eigenvalue weighted by atomic mass is 19.4. The highest BCUT2D eigenvalue weighted by Crippen LogP contribution is 2.32. The highest BCUT2D eigenvalue weighted by Gasteiger charge is 2.31. The first kappa shape index (κ1) is 14.3. The van der Waals surface area contributed by atoms with Gasteiger partial charge in [0, 0.05) is 32.2 Å². The van der Waals surface area contributed by atoms with Crippen LogP contribution in [0.4, 0.5) is 13.2 Å². The Hall–Kier alpha value is -1.07. The molecule has 1 heterocycles. The van der Waals surface area contributed by atoms with Gasteiger partial charge in [0.15, 0.2) is 0 Å². The lowest BCUT2D eigenvalue weighted by Crippen LogP contribution is -2.45. The summed E-state index contributed by atoms with van der Waals surface area (Å²) in [6.45, 7) is 5.58. The molecule has 0 aromatic heterocycles. The molecule has 2 rings (SSSR count). The van der Waals surface area contributed by atoms with Crippen LogP contribution in [0.25, 0.3) is 0 Å². The molecule has 1 fully saturated rings. The molecule has 2 nitrogen and oxygen atoms in total. The molecule has 0 spiro atoms. The molecular weight excluding hydrogens is 253 g/mol. The second kappa shape index (κ2) is 5.92. The smallest absolute Gasteiger partial charge is 0.314 e. The summed E-state index contributed by atoms with van der Waals surface area (Å²) in [6, 6.07) is 5.79.